The standard InChI is InChI=1S/C11H20N4/c1-15-10(7-4-8-12)13-11(14-15)9-5-2-3-6-9/h9H,2-8,12H2,1H3. The molecule has 0 bridgehead atoms. The van der Waals surface area contributed by atoms with E-state index in [-0.39, 0.29) is 0 Å². The fourth-order valence-corrected chi connectivity index (χ4v) is 2.27. The third kappa shape index (κ3) is 2.37. The molecule has 2 N–H and O–H groups in total. The van der Waals surface area contributed by atoms with Crippen molar-refractivity contribution in [1.82, 2.24) is 14.8 Å². The van der Waals surface area contributed by atoms with Crippen LogP contribution in [0.4, 0.5) is 0 Å². The second-order valence-electron chi connectivity index (χ2n) is 4.38. The summed E-state index contributed by atoms with van der Waals surface area (Å²) in [4.78, 5) is 4.63. The van der Waals surface area contributed by atoms with Crippen molar-refractivity contribution in [3.8, 4) is 0 Å². The van der Waals surface area contributed by atoms with Crippen LogP contribution in [-0.2, 0) is 13.5 Å². The van der Waals surface area contributed by atoms with Crippen LogP contribution in [-0.4, -0.2) is 21.3 Å². The molecule has 1 aromatic rings. The van der Waals surface area contributed by atoms with Gasteiger partial charge < -0.3 is 5.73 Å². The van der Waals surface area contributed by atoms with Crippen LogP contribution in [0.15, 0.2) is 0 Å². The zero-order valence-electron chi connectivity index (χ0n) is 9.45. The first-order valence-electron chi connectivity index (χ1n) is 5.91. The highest BCUT2D eigenvalue weighted by atomic mass is 15.3. The van der Waals surface area contributed by atoms with Gasteiger partial charge in [0, 0.05) is 19.4 Å². The quantitative estimate of drug-likeness (QED) is 0.813. The first-order valence-corrected chi connectivity index (χ1v) is 5.91. The predicted octanol–water partition coefficient (Wildman–Crippen LogP) is 1.36. The van der Waals surface area contributed by atoms with Crippen LogP contribution in [0.3, 0.4) is 0 Å². The van der Waals surface area contributed by atoms with E-state index in [2.05, 4.69) is 10.1 Å². The van der Waals surface area contributed by atoms with Gasteiger partial charge in [0.05, 0.1) is 0 Å². The molecule has 1 aliphatic rings. The summed E-state index contributed by atoms with van der Waals surface area (Å²) in [5, 5.41) is 4.51. The lowest BCUT2D eigenvalue weighted by Crippen LogP contribution is -2.04. The molecule has 0 aromatic carbocycles. The van der Waals surface area contributed by atoms with Gasteiger partial charge in [-0.1, -0.05) is 12.8 Å². The maximum atomic E-state index is 5.50. The van der Waals surface area contributed by atoms with Crippen LogP contribution < -0.4 is 5.73 Å². The summed E-state index contributed by atoms with van der Waals surface area (Å²) < 4.78 is 1.92. The fraction of sp³-hybridized carbons (Fsp3) is 0.818. The summed E-state index contributed by atoms with van der Waals surface area (Å²) in [6.45, 7) is 0.728. The van der Waals surface area contributed by atoms with Crippen molar-refractivity contribution in [2.24, 2.45) is 12.8 Å². The average Bonchev–Trinajstić information content (AvgIpc) is 2.83. The van der Waals surface area contributed by atoms with Gasteiger partial charge >= 0.3 is 0 Å². The smallest absolute Gasteiger partial charge is 0.154 e. The molecule has 0 unspecified atom stereocenters. The van der Waals surface area contributed by atoms with E-state index in [4.69, 9.17) is 5.73 Å². The van der Waals surface area contributed by atoms with Crippen LogP contribution in [0.1, 0.15) is 49.7 Å². The number of nitrogens with two attached hydrogens (primary N) is 1. The Hall–Kier alpha value is -0.900. The lowest BCUT2D eigenvalue weighted by Gasteiger charge is -2.00. The SMILES string of the molecule is Cn1nc(C2CCCC2)nc1CCCN. The minimum atomic E-state index is 0.614. The summed E-state index contributed by atoms with van der Waals surface area (Å²) in [5.74, 6) is 2.76. The third-order valence-electron chi connectivity index (χ3n) is 3.19. The van der Waals surface area contributed by atoms with Crippen molar-refractivity contribution in [3.63, 3.8) is 0 Å². The highest BCUT2D eigenvalue weighted by Crippen LogP contribution is 2.32. The minimum absolute atomic E-state index is 0.614. The number of nitrogens with zero attached hydrogens (tertiary/aromatic N) is 3. The van der Waals surface area contributed by atoms with Gasteiger partial charge in [0.1, 0.15) is 5.82 Å². The Morgan fingerprint density at radius 1 is 1.40 bits per heavy atom. The van der Waals surface area contributed by atoms with Crippen molar-refractivity contribution >= 4 is 0 Å². The maximum absolute atomic E-state index is 5.50. The van der Waals surface area contributed by atoms with Crippen molar-refractivity contribution in [1.29, 1.82) is 0 Å². The molecule has 1 fully saturated rings. The topological polar surface area (TPSA) is 56.7 Å². The van der Waals surface area contributed by atoms with Crippen molar-refractivity contribution < 1.29 is 0 Å². The van der Waals surface area contributed by atoms with Crippen LogP contribution in [0.5, 0.6) is 0 Å². The van der Waals surface area contributed by atoms with Gasteiger partial charge in [-0.05, 0) is 25.8 Å². The molecule has 84 valence electrons. The molecule has 0 radical (unpaired) electrons. The molecule has 15 heavy (non-hydrogen) atoms. The van der Waals surface area contributed by atoms with Gasteiger partial charge in [0.2, 0.25) is 0 Å². The first kappa shape index (κ1) is 10.6. The Balaban J connectivity index is 2.06. The van der Waals surface area contributed by atoms with E-state index in [1.54, 1.807) is 0 Å². The van der Waals surface area contributed by atoms with Crippen molar-refractivity contribution in [2.75, 3.05) is 6.54 Å². The molecule has 1 aromatic heterocycles. The molecule has 0 spiro atoms. The number of hydrogen-bond acceptors (Lipinski definition) is 3. The summed E-state index contributed by atoms with van der Waals surface area (Å²) in [7, 11) is 1.98. The average molecular weight is 208 g/mol. The number of aryl methyl sites for hydroxylation is 2. The molecular formula is C11H20N4. The Labute approximate surface area is 90.9 Å². The first-order chi connectivity index (χ1) is 7.31. The summed E-state index contributed by atoms with van der Waals surface area (Å²) in [6.07, 6.45) is 7.14. The summed E-state index contributed by atoms with van der Waals surface area (Å²) in [5.41, 5.74) is 5.50. The van der Waals surface area contributed by atoms with Crippen LogP contribution in [0, 0.1) is 0 Å². The zero-order chi connectivity index (χ0) is 10.7. The highest BCUT2D eigenvalue weighted by Gasteiger charge is 2.21. The van der Waals surface area contributed by atoms with Crippen LogP contribution >= 0.6 is 0 Å². The Bertz CT molecular complexity index is 312. The molecule has 0 aliphatic heterocycles. The molecule has 4 nitrogen and oxygen atoms in total. The van der Waals surface area contributed by atoms with E-state index in [9.17, 15) is 0 Å². The molecular weight excluding hydrogens is 188 g/mol. The molecule has 1 aliphatic carbocycles. The zero-order valence-corrected chi connectivity index (χ0v) is 9.45. The molecule has 0 amide bonds. The predicted molar refractivity (Wildman–Crippen MR) is 59.6 cm³/mol. The molecule has 0 saturated heterocycles. The van der Waals surface area contributed by atoms with E-state index in [1.165, 1.54) is 25.7 Å². The number of aromatic nitrogens is 3. The molecule has 2 rings (SSSR count). The molecule has 4 heteroatoms. The maximum Gasteiger partial charge on any atom is 0.154 e. The Morgan fingerprint density at radius 2 is 2.13 bits per heavy atom. The van der Waals surface area contributed by atoms with Crippen LogP contribution in [0.25, 0.3) is 0 Å². The van der Waals surface area contributed by atoms with E-state index in [0.29, 0.717) is 5.92 Å². The van der Waals surface area contributed by atoms with E-state index in [0.717, 1.165) is 31.0 Å². The second-order valence-corrected chi connectivity index (χ2v) is 4.38. The van der Waals surface area contributed by atoms with E-state index < -0.39 is 0 Å². The Morgan fingerprint density at radius 3 is 2.80 bits per heavy atom. The van der Waals surface area contributed by atoms with E-state index in [1.807, 2.05) is 11.7 Å². The van der Waals surface area contributed by atoms with Gasteiger partial charge in [0.15, 0.2) is 5.82 Å². The Kier molecular flexibility index (Phi) is 3.36. The third-order valence-corrected chi connectivity index (χ3v) is 3.19. The molecule has 1 saturated carbocycles. The number of hydrogen-bond donors (Lipinski definition) is 1. The lowest BCUT2D eigenvalue weighted by atomic mass is 10.1. The molecule has 0 atom stereocenters. The minimum Gasteiger partial charge on any atom is -0.330 e. The number of rotatable bonds is 4. The van der Waals surface area contributed by atoms with Gasteiger partial charge in [-0.2, -0.15) is 5.10 Å². The summed E-state index contributed by atoms with van der Waals surface area (Å²) >= 11 is 0. The largest absolute Gasteiger partial charge is 0.330 e. The van der Waals surface area contributed by atoms with Gasteiger partial charge in [-0.3, -0.25) is 4.68 Å². The monoisotopic (exact) mass is 208 g/mol. The van der Waals surface area contributed by atoms with Gasteiger partial charge in [-0.25, -0.2) is 4.98 Å². The van der Waals surface area contributed by atoms with Crippen LogP contribution in [0.2, 0.25) is 0 Å². The van der Waals surface area contributed by atoms with E-state index >= 15 is 0 Å². The second kappa shape index (κ2) is 4.75. The van der Waals surface area contributed by atoms with Gasteiger partial charge in [-0.15, -0.1) is 0 Å². The highest BCUT2D eigenvalue weighted by molar-refractivity contribution is 5.01. The lowest BCUT2D eigenvalue weighted by molar-refractivity contribution is 0.638. The van der Waals surface area contributed by atoms with Crippen molar-refractivity contribution in [2.45, 2.75) is 44.4 Å². The fourth-order valence-electron chi connectivity index (χ4n) is 2.27. The molecule has 1 heterocycles. The van der Waals surface area contributed by atoms with Gasteiger partial charge in [0.25, 0.3) is 0 Å². The normalized spacial score (nSPS) is 17.5. The van der Waals surface area contributed by atoms with Crippen molar-refractivity contribution in [3.05, 3.63) is 11.6 Å². The summed E-state index contributed by atoms with van der Waals surface area (Å²) in [6, 6.07) is 0.